The highest BCUT2D eigenvalue weighted by molar-refractivity contribution is 5.98. The molecule has 1 fully saturated rings. The van der Waals surface area contributed by atoms with E-state index in [1.165, 1.54) is 12.1 Å². The number of amides is 2. The van der Waals surface area contributed by atoms with Crippen molar-refractivity contribution in [1.29, 1.82) is 0 Å². The van der Waals surface area contributed by atoms with Crippen LogP contribution >= 0.6 is 0 Å². The summed E-state index contributed by atoms with van der Waals surface area (Å²) >= 11 is 0. The monoisotopic (exact) mass is 265 g/mol. The molecule has 3 N–H and O–H groups in total. The van der Waals surface area contributed by atoms with Crippen LogP contribution in [0.4, 0.5) is 5.69 Å². The van der Waals surface area contributed by atoms with Gasteiger partial charge in [-0.15, -0.1) is 0 Å². The topological polar surface area (TPSA) is 122 Å². The lowest BCUT2D eigenvalue weighted by Crippen LogP contribution is -2.36. The van der Waals surface area contributed by atoms with Gasteiger partial charge < -0.3 is 15.7 Å². The van der Waals surface area contributed by atoms with Gasteiger partial charge in [0, 0.05) is 19.0 Å². The Bertz CT molecular complexity index is 557. The molecule has 1 heterocycles. The number of hydrogen-bond donors (Lipinski definition) is 3. The summed E-state index contributed by atoms with van der Waals surface area (Å²) in [4.78, 5) is 32.7. The number of carbonyl (C=O) groups is 2. The van der Waals surface area contributed by atoms with Crippen LogP contribution in [0.25, 0.3) is 0 Å². The lowest BCUT2D eigenvalue weighted by molar-refractivity contribution is -0.385. The minimum absolute atomic E-state index is 0.154. The Hall–Kier alpha value is -2.64. The number of nitrogens with zero attached hydrogens (tertiary/aromatic N) is 1. The first kappa shape index (κ1) is 12.8. The number of benzene rings is 1. The molecular weight excluding hydrogens is 254 g/mol. The van der Waals surface area contributed by atoms with Crippen LogP contribution in [0.1, 0.15) is 16.8 Å². The Morgan fingerprint density at radius 3 is 2.84 bits per heavy atom. The van der Waals surface area contributed by atoms with E-state index in [0.717, 1.165) is 6.07 Å². The van der Waals surface area contributed by atoms with Crippen molar-refractivity contribution in [2.24, 2.45) is 0 Å². The zero-order valence-electron chi connectivity index (χ0n) is 9.75. The third-order valence-electron chi connectivity index (χ3n) is 2.77. The predicted molar refractivity (Wildman–Crippen MR) is 63.6 cm³/mol. The van der Waals surface area contributed by atoms with E-state index < -0.39 is 22.3 Å². The van der Waals surface area contributed by atoms with Crippen molar-refractivity contribution in [3.63, 3.8) is 0 Å². The average molecular weight is 265 g/mol. The van der Waals surface area contributed by atoms with E-state index in [0.29, 0.717) is 6.54 Å². The van der Waals surface area contributed by atoms with Gasteiger partial charge in [0.1, 0.15) is 0 Å². The largest absolute Gasteiger partial charge is 0.502 e. The molecule has 1 aliphatic rings. The summed E-state index contributed by atoms with van der Waals surface area (Å²) < 4.78 is 0. The Labute approximate surface area is 107 Å². The number of phenols is 1. The standard InChI is InChI=1S/C11H11N3O5/c15-9-4-6(5-12-9)13-11(17)7-2-1-3-8(10(7)16)14(18)19/h1-3,6,16H,4-5H2,(H,12,15)(H,13,17). The number of rotatable bonds is 3. The van der Waals surface area contributed by atoms with Crippen LogP contribution in [-0.4, -0.2) is 34.4 Å². The number of nitro groups is 1. The quantitative estimate of drug-likeness (QED) is 0.521. The minimum atomic E-state index is -0.771. The molecule has 0 aromatic heterocycles. The van der Waals surface area contributed by atoms with E-state index in [-0.39, 0.29) is 23.9 Å². The molecule has 0 saturated carbocycles. The van der Waals surface area contributed by atoms with Gasteiger partial charge in [0.25, 0.3) is 5.91 Å². The number of carbonyl (C=O) groups excluding carboxylic acids is 2. The molecule has 0 aliphatic carbocycles. The van der Waals surface area contributed by atoms with Gasteiger partial charge in [0.2, 0.25) is 11.7 Å². The average Bonchev–Trinajstić information content (AvgIpc) is 2.74. The van der Waals surface area contributed by atoms with E-state index in [2.05, 4.69) is 10.6 Å². The maximum Gasteiger partial charge on any atom is 0.311 e. The van der Waals surface area contributed by atoms with E-state index in [1.807, 2.05) is 0 Å². The highest BCUT2D eigenvalue weighted by Crippen LogP contribution is 2.29. The first-order chi connectivity index (χ1) is 8.99. The normalized spacial score (nSPS) is 17.9. The zero-order valence-corrected chi connectivity index (χ0v) is 9.75. The maximum absolute atomic E-state index is 11.9. The second kappa shape index (κ2) is 4.92. The highest BCUT2D eigenvalue weighted by atomic mass is 16.6. The van der Waals surface area contributed by atoms with Crippen LogP contribution in [0, 0.1) is 10.1 Å². The van der Waals surface area contributed by atoms with Gasteiger partial charge in [-0.05, 0) is 6.07 Å². The molecule has 1 unspecified atom stereocenters. The number of nitro benzene ring substituents is 1. The van der Waals surface area contributed by atoms with Gasteiger partial charge in [-0.25, -0.2) is 0 Å². The van der Waals surface area contributed by atoms with E-state index in [1.54, 1.807) is 0 Å². The molecule has 100 valence electrons. The molecule has 0 radical (unpaired) electrons. The number of para-hydroxylation sites is 1. The van der Waals surface area contributed by atoms with Crippen molar-refractivity contribution >= 4 is 17.5 Å². The molecule has 0 bridgehead atoms. The van der Waals surface area contributed by atoms with Crippen molar-refractivity contribution in [2.75, 3.05) is 6.54 Å². The molecule has 1 atom stereocenters. The number of hydrogen-bond acceptors (Lipinski definition) is 5. The van der Waals surface area contributed by atoms with Crippen LogP contribution in [0.3, 0.4) is 0 Å². The molecule has 1 aliphatic heterocycles. The van der Waals surface area contributed by atoms with Crippen LogP contribution in [0.2, 0.25) is 0 Å². The van der Waals surface area contributed by atoms with Crippen LogP contribution in [0.15, 0.2) is 18.2 Å². The van der Waals surface area contributed by atoms with Crippen LogP contribution < -0.4 is 10.6 Å². The summed E-state index contributed by atoms with van der Waals surface area (Å²) in [5.41, 5.74) is -0.721. The Balaban J connectivity index is 2.17. The molecule has 2 amide bonds. The van der Waals surface area contributed by atoms with Crippen molar-refractivity contribution in [3.8, 4) is 5.75 Å². The number of nitrogens with one attached hydrogen (secondary N) is 2. The van der Waals surface area contributed by atoms with Crippen molar-refractivity contribution < 1.29 is 19.6 Å². The second-order valence-electron chi connectivity index (χ2n) is 4.11. The van der Waals surface area contributed by atoms with E-state index in [4.69, 9.17) is 0 Å². The van der Waals surface area contributed by atoms with Gasteiger partial charge in [0.05, 0.1) is 16.5 Å². The summed E-state index contributed by atoms with van der Waals surface area (Å²) in [5, 5.41) is 25.4. The van der Waals surface area contributed by atoms with Gasteiger partial charge in [-0.1, -0.05) is 6.07 Å². The van der Waals surface area contributed by atoms with Crippen LogP contribution in [-0.2, 0) is 4.79 Å². The molecule has 8 heteroatoms. The van der Waals surface area contributed by atoms with Gasteiger partial charge in [0.15, 0.2) is 0 Å². The fourth-order valence-electron chi connectivity index (χ4n) is 1.83. The Morgan fingerprint density at radius 1 is 1.53 bits per heavy atom. The Morgan fingerprint density at radius 2 is 2.26 bits per heavy atom. The first-order valence-electron chi connectivity index (χ1n) is 5.53. The van der Waals surface area contributed by atoms with E-state index >= 15 is 0 Å². The molecule has 1 saturated heterocycles. The Kier molecular flexibility index (Phi) is 3.32. The third-order valence-corrected chi connectivity index (χ3v) is 2.77. The number of aromatic hydroxyl groups is 1. The SMILES string of the molecule is O=C1CC(NC(=O)c2cccc([N+](=O)[O-])c2O)CN1. The van der Waals surface area contributed by atoms with Crippen LogP contribution in [0.5, 0.6) is 5.75 Å². The summed E-state index contributed by atoms with van der Waals surface area (Å²) in [6.45, 7) is 0.306. The maximum atomic E-state index is 11.9. The zero-order chi connectivity index (χ0) is 14.0. The summed E-state index contributed by atoms with van der Waals surface area (Å²) in [6, 6.07) is 3.32. The number of phenolic OH excluding ortho intramolecular Hbond substituents is 1. The fourth-order valence-corrected chi connectivity index (χ4v) is 1.83. The molecule has 1 aromatic rings. The van der Waals surface area contributed by atoms with Gasteiger partial charge in [-0.2, -0.15) is 0 Å². The predicted octanol–water partition coefficient (Wildman–Crippen LogP) is -0.0813. The lowest BCUT2D eigenvalue weighted by Gasteiger charge is -2.11. The molecule has 8 nitrogen and oxygen atoms in total. The lowest BCUT2D eigenvalue weighted by atomic mass is 10.1. The van der Waals surface area contributed by atoms with Gasteiger partial charge >= 0.3 is 5.69 Å². The molecule has 2 rings (SSSR count). The first-order valence-corrected chi connectivity index (χ1v) is 5.53. The van der Waals surface area contributed by atoms with Crippen molar-refractivity contribution in [2.45, 2.75) is 12.5 Å². The summed E-state index contributed by atoms with van der Waals surface area (Å²) in [6.07, 6.45) is 0.154. The smallest absolute Gasteiger partial charge is 0.311 e. The van der Waals surface area contributed by atoms with E-state index in [9.17, 15) is 24.8 Å². The van der Waals surface area contributed by atoms with Crippen molar-refractivity contribution in [3.05, 3.63) is 33.9 Å². The molecule has 0 spiro atoms. The van der Waals surface area contributed by atoms with Gasteiger partial charge in [-0.3, -0.25) is 19.7 Å². The third kappa shape index (κ3) is 2.62. The van der Waals surface area contributed by atoms with Crippen molar-refractivity contribution in [1.82, 2.24) is 10.6 Å². The fraction of sp³-hybridized carbons (Fsp3) is 0.273. The second-order valence-corrected chi connectivity index (χ2v) is 4.11. The highest BCUT2D eigenvalue weighted by Gasteiger charge is 2.26. The summed E-state index contributed by atoms with van der Waals surface area (Å²) in [5.74, 6) is -1.50. The molecular formula is C11H11N3O5. The summed E-state index contributed by atoms with van der Waals surface area (Å²) in [7, 11) is 0. The molecule has 19 heavy (non-hydrogen) atoms. The minimum Gasteiger partial charge on any atom is -0.502 e. The molecule has 1 aromatic carbocycles.